The van der Waals surface area contributed by atoms with E-state index in [1.165, 1.54) is 12.1 Å². The predicted molar refractivity (Wildman–Crippen MR) is 88.4 cm³/mol. The van der Waals surface area contributed by atoms with Crippen LogP contribution in [-0.2, 0) is 0 Å². The normalized spacial score (nSPS) is 11.3. The van der Waals surface area contributed by atoms with Crippen LogP contribution in [0.4, 0.5) is 4.39 Å². The van der Waals surface area contributed by atoms with Crippen molar-refractivity contribution in [3.63, 3.8) is 0 Å². The molecule has 0 radical (unpaired) electrons. The average Bonchev–Trinajstić information content (AvgIpc) is 2.93. The van der Waals surface area contributed by atoms with Crippen LogP contribution in [0.3, 0.4) is 0 Å². The van der Waals surface area contributed by atoms with E-state index in [-0.39, 0.29) is 5.82 Å². The molecule has 0 N–H and O–H groups in total. The van der Waals surface area contributed by atoms with Crippen LogP contribution in [0.25, 0.3) is 27.6 Å². The molecule has 0 aliphatic rings. The maximum Gasteiger partial charge on any atom is 0.347 e. The van der Waals surface area contributed by atoms with Gasteiger partial charge in [0.15, 0.2) is 0 Å². The number of nitrogens with zero attached hydrogens (tertiary/aromatic N) is 2. The summed E-state index contributed by atoms with van der Waals surface area (Å²) in [4.78, 5) is 12.4. The third-order valence-electron chi connectivity index (χ3n) is 3.98. The van der Waals surface area contributed by atoms with E-state index in [9.17, 15) is 9.18 Å². The number of halogens is 1. The van der Waals surface area contributed by atoms with Crippen LogP contribution in [0.5, 0.6) is 5.75 Å². The van der Waals surface area contributed by atoms with Crippen molar-refractivity contribution >= 4 is 21.9 Å². The number of benzene rings is 2. The Morgan fingerprint density at radius 3 is 2.62 bits per heavy atom. The fourth-order valence-electron chi connectivity index (χ4n) is 2.85. The van der Waals surface area contributed by atoms with Crippen molar-refractivity contribution in [3.8, 4) is 11.4 Å². The lowest BCUT2D eigenvalue weighted by atomic mass is 10.1. The first kappa shape index (κ1) is 14.4. The molecule has 2 aromatic carbocycles. The highest BCUT2D eigenvalue weighted by molar-refractivity contribution is 6.04. The Labute approximate surface area is 135 Å². The summed E-state index contributed by atoms with van der Waals surface area (Å²) in [5, 5.41) is 5.59. The van der Waals surface area contributed by atoms with Crippen molar-refractivity contribution in [2.24, 2.45) is 0 Å². The monoisotopic (exact) mass is 324 g/mol. The molecule has 0 atom stereocenters. The lowest BCUT2D eigenvalue weighted by Crippen LogP contribution is -2.02. The maximum absolute atomic E-state index is 13.2. The van der Waals surface area contributed by atoms with Crippen molar-refractivity contribution in [1.82, 2.24) is 9.78 Å². The van der Waals surface area contributed by atoms with Crippen LogP contribution in [-0.4, -0.2) is 16.9 Å². The summed E-state index contributed by atoms with van der Waals surface area (Å²) in [6.45, 7) is 1.74. The molecule has 2 aromatic heterocycles. The van der Waals surface area contributed by atoms with E-state index in [4.69, 9.17) is 9.15 Å². The number of aromatic nitrogens is 2. The van der Waals surface area contributed by atoms with E-state index in [0.29, 0.717) is 33.6 Å². The van der Waals surface area contributed by atoms with Crippen LogP contribution >= 0.6 is 0 Å². The zero-order valence-corrected chi connectivity index (χ0v) is 13.0. The minimum absolute atomic E-state index is 0.332. The first-order valence-corrected chi connectivity index (χ1v) is 7.34. The van der Waals surface area contributed by atoms with Crippen LogP contribution in [0.15, 0.2) is 51.7 Å². The van der Waals surface area contributed by atoms with E-state index in [2.05, 4.69) is 5.10 Å². The van der Waals surface area contributed by atoms with Crippen molar-refractivity contribution in [2.75, 3.05) is 7.11 Å². The zero-order valence-electron chi connectivity index (χ0n) is 13.0. The third kappa shape index (κ3) is 2.07. The minimum atomic E-state index is -0.461. The van der Waals surface area contributed by atoms with Gasteiger partial charge in [0.25, 0.3) is 0 Å². The van der Waals surface area contributed by atoms with Gasteiger partial charge in [0, 0.05) is 11.5 Å². The molecule has 0 amide bonds. The standard InChI is InChI=1S/C18H13FN2O3/c1-10-16-17(21(20-10)12-5-3-11(19)4-6-12)14-8-7-13(23-2)9-15(14)24-18(16)22/h3-9H,1-2H3. The molecule has 4 aromatic rings. The SMILES string of the molecule is COc1ccc2c(c1)oc(=O)c1c(C)nn(-c3ccc(F)cc3)c12. The second kappa shape index (κ2) is 5.19. The van der Waals surface area contributed by atoms with Crippen molar-refractivity contribution in [1.29, 1.82) is 0 Å². The highest BCUT2D eigenvalue weighted by Crippen LogP contribution is 2.29. The first-order chi connectivity index (χ1) is 11.6. The van der Waals surface area contributed by atoms with Gasteiger partial charge in [-0.05, 0) is 43.3 Å². The largest absolute Gasteiger partial charge is 0.497 e. The van der Waals surface area contributed by atoms with E-state index in [0.717, 1.165) is 5.39 Å². The maximum atomic E-state index is 13.2. The fourth-order valence-corrected chi connectivity index (χ4v) is 2.85. The molecule has 0 saturated carbocycles. The smallest absolute Gasteiger partial charge is 0.347 e. The van der Waals surface area contributed by atoms with E-state index < -0.39 is 5.63 Å². The summed E-state index contributed by atoms with van der Waals surface area (Å²) < 4.78 is 25.4. The summed E-state index contributed by atoms with van der Waals surface area (Å²) >= 11 is 0. The number of aryl methyl sites for hydroxylation is 1. The molecule has 0 aliphatic heterocycles. The van der Waals surface area contributed by atoms with Gasteiger partial charge >= 0.3 is 5.63 Å². The van der Waals surface area contributed by atoms with Gasteiger partial charge in [-0.15, -0.1) is 0 Å². The summed E-state index contributed by atoms with van der Waals surface area (Å²) in [6.07, 6.45) is 0. The van der Waals surface area contributed by atoms with Crippen LogP contribution in [0.1, 0.15) is 5.69 Å². The molecule has 24 heavy (non-hydrogen) atoms. The number of rotatable bonds is 2. The molecule has 4 rings (SSSR count). The highest BCUT2D eigenvalue weighted by atomic mass is 19.1. The third-order valence-corrected chi connectivity index (χ3v) is 3.98. The van der Waals surface area contributed by atoms with Crippen molar-refractivity contribution in [3.05, 3.63) is 64.4 Å². The lowest BCUT2D eigenvalue weighted by Gasteiger charge is -2.06. The molecule has 2 heterocycles. The molecule has 120 valence electrons. The molecular formula is C18H13FN2O3. The molecule has 0 unspecified atom stereocenters. The lowest BCUT2D eigenvalue weighted by molar-refractivity contribution is 0.414. The van der Waals surface area contributed by atoms with E-state index >= 15 is 0 Å². The topological polar surface area (TPSA) is 57.3 Å². The quantitative estimate of drug-likeness (QED) is 0.529. The van der Waals surface area contributed by atoms with Gasteiger partial charge in [-0.1, -0.05) is 0 Å². The summed E-state index contributed by atoms with van der Waals surface area (Å²) in [5.74, 6) is 0.260. The van der Waals surface area contributed by atoms with E-state index in [1.54, 1.807) is 43.0 Å². The molecule has 0 fully saturated rings. The molecular weight excluding hydrogens is 311 g/mol. The van der Waals surface area contributed by atoms with Crippen molar-refractivity contribution in [2.45, 2.75) is 6.92 Å². The molecule has 5 nitrogen and oxygen atoms in total. The van der Waals surface area contributed by atoms with E-state index in [1.807, 2.05) is 6.07 Å². The van der Waals surface area contributed by atoms with Crippen LogP contribution in [0.2, 0.25) is 0 Å². The molecule has 0 saturated heterocycles. The first-order valence-electron chi connectivity index (χ1n) is 7.34. The molecule has 0 spiro atoms. The summed E-state index contributed by atoms with van der Waals surface area (Å²) in [7, 11) is 1.55. The Morgan fingerprint density at radius 1 is 1.17 bits per heavy atom. The summed E-state index contributed by atoms with van der Waals surface area (Å²) in [6, 6.07) is 11.2. The predicted octanol–water partition coefficient (Wildman–Crippen LogP) is 3.59. The van der Waals surface area contributed by atoms with Gasteiger partial charge < -0.3 is 9.15 Å². The molecule has 0 bridgehead atoms. The Morgan fingerprint density at radius 2 is 1.92 bits per heavy atom. The van der Waals surface area contributed by atoms with Gasteiger partial charge in [0.05, 0.1) is 24.0 Å². The number of methoxy groups -OCH3 is 1. The Hall–Kier alpha value is -3.15. The van der Waals surface area contributed by atoms with Gasteiger partial charge in [-0.25, -0.2) is 13.9 Å². The summed E-state index contributed by atoms with van der Waals surface area (Å²) in [5.41, 5.74) is 1.80. The number of fused-ring (bicyclic) bond motifs is 3. The Kier molecular flexibility index (Phi) is 3.13. The second-order valence-corrected chi connectivity index (χ2v) is 5.45. The molecule has 0 aliphatic carbocycles. The minimum Gasteiger partial charge on any atom is -0.497 e. The second-order valence-electron chi connectivity index (χ2n) is 5.45. The van der Waals surface area contributed by atoms with Gasteiger partial charge in [0.1, 0.15) is 22.5 Å². The number of hydrogen-bond acceptors (Lipinski definition) is 4. The Balaban J connectivity index is 2.15. The average molecular weight is 324 g/mol. The zero-order chi connectivity index (χ0) is 16.8. The Bertz CT molecular complexity index is 1130. The van der Waals surface area contributed by atoms with Gasteiger partial charge in [0.2, 0.25) is 0 Å². The highest BCUT2D eigenvalue weighted by Gasteiger charge is 2.18. The van der Waals surface area contributed by atoms with Gasteiger partial charge in [-0.3, -0.25) is 0 Å². The fraction of sp³-hybridized carbons (Fsp3) is 0.111. The number of hydrogen-bond donors (Lipinski definition) is 0. The molecule has 6 heteroatoms. The van der Waals surface area contributed by atoms with Crippen LogP contribution < -0.4 is 10.4 Å². The number of ether oxygens (including phenoxy) is 1. The van der Waals surface area contributed by atoms with Gasteiger partial charge in [-0.2, -0.15) is 5.10 Å². The van der Waals surface area contributed by atoms with Crippen molar-refractivity contribution < 1.29 is 13.5 Å². The van der Waals surface area contributed by atoms with Crippen LogP contribution in [0, 0.1) is 12.7 Å².